The van der Waals surface area contributed by atoms with Gasteiger partial charge in [-0.2, -0.15) is 0 Å². The van der Waals surface area contributed by atoms with Gasteiger partial charge in [0.2, 0.25) is 0 Å². The van der Waals surface area contributed by atoms with Gasteiger partial charge in [0, 0.05) is 19.1 Å². The summed E-state index contributed by atoms with van der Waals surface area (Å²) in [6, 6.07) is 7.98. The third kappa shape index (κ3) is 4.69. The first-order valence-electron chi connectivity index (χ1n) is 6.94. The summed E-state index contributed by atoms with van der Waals surface area (Å²) in [6.45, 7) is 3.65. The van der Waals surface area contributed by atoms with Crippen LogP contribution in [-0.4, -0.2) is 36.5 Å². The van der Waals surface area contributed by atoms with Crippen LogP contribution in [0.15, 0.2) is 24.3 Å². The number of amides is 1. The molecule has 0 spiro atoms. The number of aryl methyl sites for hydroxylation is 1. The lowest BCUT2D eigenvalue weighted by atomic mass is 10.1. The number of hydrogen-bond acceptors (Lipinski definition) is 3. The Hall–Kier alpha value is -1.26. The maximum Gasteiger partial charge on any atom is 0.260 e. The van der Waals surface area contributed by atoms with Crippen LogP contribution in [0.1, 0.15) is 25.3 Å². The lowest BCUT2D eigenvalue weighted by Crippen LogP contribution is -2.47. The summed E-state index contributed by atoms with van der Waals surface area (Å²) in [4.78, 5) is 13.8. The number of ether oxygens (including phenoxy) is 1. The second kappa shape index (κ2) is 8.12. The van der Waals surface area contributed by atoms with Crippen molar-refractivity contribution in [3.05, 3.63) is 29.8 Å². The van der Waals surface area contributed by atoms with Gasteiger partial charge in [-0.25, -0.2) is 0 Å². The van der Waals surface area contributed by atoms with Crippen LogP contribution in [0.2, 0.25) is 0 Å². The first kappa shape index (κ1) is 16.8. The van der Waals surface area contributed by atoms with Gasteiger partial charge in [-0.15, -0.1) is 12.4 Å². The quantitative estimate of drug-likeness (QED) is 0.925. The standard InChI is InChI=1S/C15H22N2O2.ClH/c1-2-12-5-7-14(8-6-12)19-11-15(18)17-9-3-4-13(16)10-17;/h5-8,13H,2-4,9-11,16H2,1H3;1H. The molecule has 1 aromatic carbocycles. The van der Waals surface area contributed by atoms with Crippen LogP contribution < -0.4 is 10.5 Å². The Labute approximate surface area is 126 Å². The summed E-state index contributed by atoms with van der Waals surface area (Å²) >= 11 is 0. The minimum atomic E-state index is 0. The average molecular weight is 299 g/mol. The monoisotopic (exact) mass is 298 g/mol. The minimum absolute atomic E-state index is 0. The van der Waals surface area contributed by atoms with E-state index in [0.29, 0.717) is 6.54 Å². The number of likely N-dealkylation sites (tertiary alicyclic amines) is 1. The van der Waals surface area contributed by atoms with Gasteiger partial charge < -0.3 is 15.4 Å². The highest BCUT2D eigenvalue weighted by Crippen LogP contribution is 2.13. The van der Waals surface area contributed by atoms with Crippen molar-refractivity contribution in [2.24, 2.45) is 5.73 Å². The third-order valence-corrected chi connectivity index (χ3v) is 3.50. The molecule has 2 rings (SSSR count). The molecule has 1 heterocycles. The number of carbonyl (C=O) groups excluding carboxylic acids is 1. The molecule has 2 N–H and O–H groups in total. The third-order valence-electron chi connectivity index (χ3n) is 3.50. The van der Waals surface area contributed by atoms with Gasteiger partial charge in [-0.05, 0) is 37.0 Å². The maximum absolute atomic E-state index is 12.0. The highest BCUT2D eigenvalue weighted by molar-refractivity contribution is 5.85. The smallest absolute Gasteiger partial charge is 0.260 e. The van der Waals surface area contributed by atoms with Crippen LogP contribution in [-0.2, 0) is 11.2 Å². The second-order valence-corrected chi connectivity index (χ2v) is 5.03. The fourth-order valence-corrected chi connectivity index (χ4v) is 2.29. The largest absolute Gasteiger partial charge is 0.484 e. The Morgan fingerprint density at radius 3 is 2.70 bits per heavy atom. The van der Waals surface area contributed by atoms with E-state index in [0.717, 1.165) is 31.6 Å². The first-order chi connectivity index (χ1) is 9.19. The molecular formula is C15H23ClN2O2. The van der Waals surface area contributed by atoms with E-state index in [4.69, 9.17) is 10.5 Å². The molecule has 1 aromatic rings. The summed E-state index contributed by atoms with van der Waals surface area (Å²) in [7, 11) is 0. The zero-order chi connectivity index (χ0) is 13.7. The summed E-state index contributed by atoms with van der Waals surface area (Å²) in [6.07, 6.45) is 2.99. The van der Waals surface area contributed by atoms with Crippen molar-refractivity contribution in [3.8, 4) is 5.75 Å². The molecule has 0 radical (unpaired) electrons. The predicted molar refractivity (Wildman–Crippen MR) is 82.4 cm³/mol. The number of nitrogens with zero attached hydrogens (tertiary/aromatic N) is 1. The van der Waals surface area contributed by atoms with Gasteiger partial charge in [-0.3, -0.25) is 4.79 Å². The lowest BCUT2D eigenvalue weighted by Gasteiger charge is -2.30. The summed E-state index contributed by atoms with van der Waals surface area (Å²) in [5.41, 5.74) is 7.13. The molecule has 1 aliphatic heterocycles. The topological polar surface area (TPSA) is 55.6 Å². The minimum Gasteiger partial charge on any atom is -0.484 e. The molecule has 1 unspecified atom stereocenters. The fraction of sp³-hybridized carbons (Fsp3) is 0.533. The second-order valence-electron chi connectivity index (χ2n) is 5.03. The van der Waals surface area contributed by atoms with E-state index < -0.39 is 0 Å². The molecule has 20 heavy (non-hydrogen) atoms. The van der Waals surface area contributed by atoms with Crippen LogP contribution in [0.25, 0.3) is 0 Å². The van der Waals surface area contributed by atoms with Gasteiger partial charge in [0.15, 0.2) is 6.61 Å². The highest BCUT2D eigenvalue weighted by atomic mass is 35.5. The SMILES string of the molecule is CCc1ccc(OCC(=O)N2CCCC(N)C2)cc1.Cl. The molecule has 1 aliphatic rings. The van der Waals surface area contributed by atoms with Gasteiger partial charge in [-0.1, -0.05) is 19.1 Å². The van der Waals surface area contributed by atoms with Crippen LogP contribution in [0.5, 0.6) is 5.75 Å². The van der Waals surface area contributed by atoms with E-state index in [-0.39, 0.29) is 31.0 Å². The number of rotatable bonds is 4. The van der Waals surface area contributed by atoms with Crippen molar-refractivity contribution in [1.29, 1.82) is 0 Å². The molecule has 4 nitrogen and oxygen atoms in total. The van der Waals surface area contributed by atoms with Crippen molar-refractivity contribution >= 4 is 18.3 Å². The molecule has 0 aromatic heterocycles. The normalized spacial score (nSPS) is 18.3. The Bertz CT molecular complexity index is 422. The Morgan fingerprint density at radius 1 is 1.40 bits per heavy atom. The summed E-state index contributed by atoms with van der Waals surface area (Å²) in [5, 5.41) is 0. The van der Waals surface area contributed by atoms with E-state index in [9.17, 15) is 4.79 Å². The predicted octanol–water partition coefficient (Wildman–Crippen LogP) is 2.00. The van der Waals surface area contributed by atoms with Crippen LogP contribution in [0.4, 0.5) is 0 Å². The number of halogens is 1. The Kier molecular flexibility index (Phi) is 6.82. The van der Waals surface area contributed by atoms with E-state index >= 15 is 0 Å². The molecule has 1 amide bonds. The molecule has 112 valence electrons. The summed E-state index contributed by atoms with van der Waals surface area (Å²) in [5.74, 6) is 0.765. The van der Waals surface area contributed by atoms with Crippen molar-refractivity contribution in [2.75, 3.05) is 19.7 Å². The van der Waals surface area contributed by atoms with Gasteiger partial charge >= 0.3 is 0 Å². The number of carbonyl (C=O) groups is 1. The Morgan fingerprint density at radius 2 is 2.10 bits per heavy atom. The van der Waals surface area contributed by atoms with Crippen molar-refractivity contribution < 1.29 is 9.53 Å². The highest BCUT2D eigenvalue weighted by Gasteiger charge is 2.21. The molecule has 0 bridgehead atoms. The zero-order valence-electron chi connectivity index (χ0n) is 11.9. The van der Waals surface area contributed by atoms with E-state index in [1.807, 2.05) is 24.3 Å². The molecular weight excluding hydrogens is 276 g/mol. The zero-order valence-corrected chi connectivity index (χ0v) is 12.7. The molecule has 0 saturated carbocycles. The maximum atomic E-state index is 12.0. The Balaban J connectivity index is 0.00000200. The van der Waals surface area contributed by atoms with Crippen LogP contribution in [0, 0.1) is 0 Å². The van der Waals surface area contributed by atoms with Crippen LogP contribution in [0.3, 0.4) is 0 Å². The lowest BCUT2D eigenvalue weighted by molar-refractivity contribution is -0.134. The van der Waals surface area contributed by atoms with Gasteiger partial charge in [0.25, 0.3) is 5.91 Å². The van der Waals surface area contributed by atoms with Gasteiger partial charge in [0.05, 0.1) is 0 Å². The molecule has 1 atom stereocenters. The number of benzene rings is 1. The fourth-order valence-electron chi connectivity index (χ4n) is 2.29. The molecule has 0 aliphatic carbocycles. The summed E-state index contributed by atoms with van der Waals surface area (Å²) < 4.78 is 5.52. The van der Waals surface area contributed by atoms with Crippen molar-refractivity contribution in [1.82, 2.24) is 4.90 Å². The van der Waals surface area contributed by atoms with E-state index in [2.05, 4.69) is 6.92 Å². The molecule has 1 saturated heterocycles. The van der Waals surface area contributed by atoms with Crippen molar-refractivity contribution in [2.45, 2.75) is 32.2 Å². The average Bonchev–Trinajstić information content (AvgIpc) is 2.45. The number of nitrogens with two attached hydrogens (primary N) is 1. The molecule has 5 heteroatoms. The van der Waals surface area contributed by atoms with Crippen LogP contribution >= 0.6 is 12.4 Å². The number of hydrogen-bond donors (Lipinski definition) is 1. The molecule has 1 fully saturated rings. The first-order valence-corrected chi connectivity index (χ1v) is 6.94. The van der Waals surface area contributed by atoms with E-state index in [1.165, 1.54) is 5.56 Å². The number of piperidine rings is 1. The van der Waals surface area contributed by atoms with Gasteiger partial charge in [0.1, 0.15) is 5.75 Å². The van der Waals surface area contributed by atoms with E-state index in [1.54, 1.807) is 4.90 Å². The van der Waals surface area contributed by atoms with Crippen molar-refractivity contribution in [3.63, 3.8) is 0 Å².